The van der Waals surface area contributed by atoms with Gasteiger partial charge in [0.15, 0.2) is 5.82 Å². The van der Waals surface area contributed by atoms with Crippen LogP contribution in [0.25, 0.3) is 11.0 Å². The fraction of sp³-hybridized carbons (Fsp3) is 0.400. The summed E-state index contributed by atoms with van der Waals surface area (Å²) < 4.78 is 5.77. The second kappa shape index (κ2) is 9.77. The first-order chi connectivity index (χ1) is 15.1. The van der Waals surface area contributed by atoms with Gasteiger partial charge < -0.3 is 14.5 Å². The molecule has 0 aliphatic carbocycles. The van der Waals surface area contributed by atoms with E-state index in [2.05, 4.69) is 24.0 Å². The highest BCUT2D eigenvalue weighted by atomic mass is 16.5. The zero-order chi connectivity index (χ0) is 21.6. The molecule has 2 aromatic carbocycles. The van der Waals surface area contributed by atoms with Crippen molar-refractivity contribution >= 4 is 22.8 Å². The SMILES string of the molecule is CCc1ccc(OCCCC(=O)N2CCN(c3nc4ccccc4nc3C)CC2)cc1. The maximum absolute atomic E-state index is 12.6. The number of carbonyl (C=O) groups excluding carboxylic acids is 1. The molecule has 2 heterocycles. The van der Waals surface area contributed by atoms with Gasteiger partial charge in [0, 0.05) is 32.6 Å². The van der Waals surface area contributed by atoms with Crippen LogP contribution in [0.4, 0.5) is 5.82 Å². The molecular formula is C25H30N4O2. The van der Waals surface area contributed by atoms with E-state index in [4.69, 9.17) is 14.7 Å². The number of fused-ring (bicyclic) bond motifs is 1. The van der Waals surface area contributed by atoms with E-state index in [1.165, 1.54) is 5.56 Å². The first-order valence-electron chi connectivity index (χ1n) is 11.1. The normalized spacial score (nSPS) is 14.1. The van der Waals surface area contributed by atoms with Crippen LogP contribution in [0, 0.1) is 6.92 Å². The van der Waals surface area contributed by atoms with E-state index in [1.54, 1.807) is 0 Å². The fourth-order valence-electron chi connectivity index (χ4n) is 3.94. The van der Waals surface area contributed by atoms with Crippen molar-refractivity contribution in [1.29, 1.82) is 0 Å². The van der Waals surface area contributed by atoms with E-state index in [9.17, 15) is 4.79 Å². The molecule has 0 saturated carbocycles. The topological polar surface area (TPSA) is 58.6 Å². The molecule has 0 spiro atoms. The highest BCUT2D eigenvalue weighted by Crippen LogP contribution is 2.21. The molecular weight excluding hydrogens is 388 g/mol. The van der Waals surface area contributed by atoms with Crippen molar-refractivity contribution in [3.8, 4) is 5.75 Å². The molecule has 1 fully saturated rings. The van der Waals surface area contributed by atoms with Crippen molar-refractivity contribution in [1.82, 2.24) is 14.9 Å². The van der Waals surface area contributed by atoms with Gasteiger partial charge in [0.1, 0.15) is 5.75 Å². The number of nitrogens with zero attached hydrogens (tertiary/aromatic N) is 4. The number of aromatic nitrogens is 2. The summed E-state index contributed by atoms with van der Waals surface area (Å²) >= 11 is 0. The highest BCUT2D eigenvalue weighted by Gasteiger charge is 2.23. The number of anilines is 1. The summed E-state index contributed by atoms with van der Waals surface area (Å²) in [6.45, 7) is 7.68. The van der Waals surface area contributed by atoms with Crippen LogP contribution in [-0.2, 0) is 11.2 Å². The summed E-state index contributed by atoms with van der Waals surface area (Å²) in [4.78, 5) is 26.3. The van der Waals surface area contributed by atoms with Crippen LogP contribution in [0.3, 0.4) is 0 Å². The van der Waals surface area contributed by atoms with E-state index >= 15 is 0 Å². The number of rotatable bonds is 7. The molecule has 3 aromatic rings. The molecule has 31 heavy (non-hydrogen) atoms. The molecule has 1 aliphatic heterocycles. The van der Waals surface area contributed by atoms with Gasteiger partial charge in [0.25, 0.3) is 0 Å². The van der Waals surface area contributed by atoms with Gasteiger partial charge in [-0.1, -0.05) is 31.2 Å². The predicted molar refractivity (Wildman–Crippen MR) is 124 cm³/mol. The Morgan fingerprint density at radius 1 is 0.968 bits per heavy atom. The van der Waals surface area contributed by atoms with Crippen LogP contribution >= 0.6 is 0 Å². The van der Waals surface area contributed by atoms with Crippen molar-refractivity contribution in [2.75, 3.05) is 37.7 Å². The summed E-state index contributed by atoms with van der Waals surface area (Å²) in [6.07, 6.45) is 2.26. The average molecular weight is 419 g/mol. The lowest BCUT2D eigenvalue weighted by Gasteiger charge is -2.36. The van der Waals surface area contributed by atoms with E-state index in [0.717, 1.165) is 54.2 Å². The minimum atomic E-state index is 0.200. The average Bonchev–Trinajstić information content (AvgIpc) is 2.82. The van der Waals surface area contributed by atoms with Gasteiger partial charge in [-0.05, 0) is 49.6 Å². The monoisotopic (exact) mass is 418 g/mol. The molecule has 1 amide bonds. The largest absolute Gasteiger partial charge is 0.494 e. The fourth-order valence-corrected chi connectivity index (χ4v) is 3.94. The number of hydrogen-bond acceptors (Lipinski definition) is 5. The second-order valence-electron chi connectivity index (χ2n) is 7.94. The van der Waals surface area contributed by atoms with Crippen molar-refractivity contribution in [2.24, 2.45) is 0 Å². The Hall–Kier alpha value is -3.15. The van der Waals surface area contributed by atoms with Crippen LogP contribution in [0.2, 0.25) is 0 Å². The summed E-state index contributed by atoms with van der Waals surface area (Å²) in [6, 6.07) is 16.1. The van der Waals surface area contributed by atoms with Gasteiger partial charge in [0.05, 0.1) is 23.3 Å². The maximum Gasteiger partial charge on any atom is 0.222 e. The second-order valence-corrected chi connectivity index (χ2v) is 7.94. The van der Waals surface area contributed by atoms with E-state index in [-0.39, 0.29) is 5.91 Å². The van der Waals surface area contributed by atoms with Crippen molar-refractivity contribution in [3.05, 3.63) is 59.8 Å². The zero-order valence-electron chi connectivity index (χ0n) is 18.4. The van der Waals surface area contributed by atoms with Crippen LogP contribution in [0.5, 0.6) is 5.75 Å². The van der Waals surface area contributed by atoms with Crippen molar-refractivity contribution in [2.45, 2.75) is 33.1 Å². The molecule has 0 radical (unpaired) electrons. The van der Waals surface area contributed by atoms with Gasteiger partial charge in [-0.15, -0.1) is 0 Å². The summed E-state index contributed by atoms with van der Waals surface area (Å²) in [7, 11) is 0. The Bertz CT molecular complexity index is 1030. The third-order valence-corrected chi connectivity index (χ3v) is 5.79. The highest BCUT2D eigenvalue weighted by molar-refractivity contribution is 5.77. The Balaban J connectivity index is 1.24. The summed E-state index contributed by atoms with van der Waals surface area (Å²) in [5, 5.41) is 0. The first-order valence-corrected chi connectivity index (χ1v) is 11.1. The van der Waals surface area contributed by atoms with Gasteiger partial charge in [-0.3, -0.25) is 4.79 Å². The van der Waals surface area contributed by atoms with Crippen LogP contribution in [-0.4, -0.2) is 53.6 Å². The lowest BCUT2D eigenvalue weighted by molar-refractivity contribution is -0.131. The summed E-state index contributed by atoms with van der Waals surface area (Å²) in [5.74, 6) is 1.99. The third kappa shape index (κ3) is 5.13. The number of benzene rings is 2. The van der Waals surface area contributed by atoms with Gasteiger partial charge in [-0.25, -0.2) is 9.97 Å². The van der Waals surface area contributed by atoms with E-state index in [1.807, 2.05) is 48.2 Å². The van der Waals surface area contributed by atoms with E-state index in [0.29, 0.717) is 26.1 Å². The number of piperazine rings is 1. The predicted octanol–water partition coefficient (Wildman–Crippen LogP) is 4.01. The molecule has 6 nitrogen and oxygen atoms in total. The Morgan fingerprint density at radius 3 is 2.32 bits per heavy atom. The lowest BCUT2D eigenvalue weighted by atomic mass is 10.2. The van der Waals surface area contributed by atoms with Crippen LogP contribution in [0.1, 0.15) is 31.0 Å². The molecule has 1 aromatic heterocycles. The molecule has 0 unspecified atom stereocenters. The zero-order valence-corrected chi connectivity index (χ0v) is 18.4. The smallest absolute Gasteiger partial charge is 0.222 e. The minimum absolute atomic E-state index is 0.200. The lowest BCUT2D eigenvalue weighted by Crippen LogP contribution is -2.49. The van der Waals surface area contributed by atoms with Crippen molar-refractivity contribution in [3.63, 3.8) is 0 Å². The molecule has 162 valence electrons. The van der Waals surface area contributed by atoms with Crippen molar-refractivity contribution < 1.29 is 9.53 Å². The number of amides is 1. The Kier molecular flexibility index (Phi) is 6.65. The standard InChI is InChI=1S/C25H30N4O2/c1-3-20-10-12-21(13-11-20)31-18-6-9-24(30)28-14-16-29(17-15-28)25-19(2)26-22-7-4-5-8-23(22)27-25/h4-5,7-8,10-13H,3,6,9,14-18H2,1-2H3. The minimum Gasteiger partial charge on any atom is -0.494 e. The number of para-hydroxylation sites is 2. The van der Waals surface area contributed by atoms with Gasteiger partial charge in [-0.2, -0.15) is 0 Å². The molecule has 1 saturated heterocycles. The number of aryl methyl sites for hydroxylation is 2. The quantitative estimate of drug-likeness (QED) is 0.543. The van der Waals surface area contributed by atoms with Crippen LogP contribution < -0.4 is 9.64 Å². The number of carbonyl (C=O) groups is 1. The molecule has 6 heteroatoms. The molecule has 4 rings (SSSR count). The van der Waals surface area contributed by atoms with Gasteiger partial charge >= 0.3 is 0 Å². The molecule has 0 N–H and O–H groups in total. The number of hydrogen-bond donors (Lipinski definition) is 0. The molecule has 0 bridgehead atoms. The Labute approximate surface area is 183 Å². The first kappa shape index (κ1) is 21.1. The maximum atomic E-state index is 12.6. The summed E-state index contributed by atoms with van der Waals surface area (Å²) in [5.41, 5.74) is 4.06. The molecule has 0 atom stereocenters. The van der Waals surface area contributed by atoms with Gasteiger partial charge in [0.2, 0.25) is 5.91 Å². The van der Waals surface area contributed by atoms with E-state index < -0.39 is 0 Å². The Morgan fingerprint density at radius 2 is 1.65 bits per heavy atom. The molecule has 1 aliphatic rings. The van der Waals surface area contributed by atoms with Crippen LogP contribution in [0.15, 0.2) is 48.5 Å². The third-order valence-electron chi connectivity index (χ3n) is 5.79. The number of ether oxygens (including phenoxy) is 1.